The summed E-state index contributed by atoms with van der Waals surface area (Å²) in [7, 11) is 0. The fourth-order valence-electron chi connectivity index (χ4n) is 2.02. The van der Waals surface area contributed by atoms with Crippen LogP contribution in [0.3, 0.4) is 0 Å². The van der Waals surface area contributed by atoms with Gasteiger partial charge in [0, 0.05) is 0 Å². The third-order valence-corrected chi connectivity index (χ3v) is 4.37. The Morgan fingerprint density at radius 2 is 2.07 bits per heavy atom. The van der Waals surface area contributed by atoms with Crippen LogP contribution in [0.25, 0.3) is 0 Å². The Kier molecular flexibility index (Phi) is 3.81. The molecular weight excluding hydrogens is 226 g/mol. The average molecular weight is 242 g/mol. The van der Waals surface area contributed by atoms with Crippen LogP contribution in [0.5, 0.6) is 0 Å². The number of thioether (sulfide) groups is 1. The van der Waals surface area contributed by atoms with Gasteiger partial charge in [-0.1, -0.05) is 23.7 Å². The third-order valence-electron chi connectivity index (χ3n) is 2.99. The second-order valence-electron chi connectivity index (χ2n) is 4.07. The molecule has 1 aliphatic heterocycles. The van der Waals surface area contributed by atoms with Gasteiger partial charge in [0.25, 0.3) is 0 Å². The van der Waals surface area contributed by atoms with E-state index in [1.807, 2.05) is 12.1 Å². The lowest BCUT2D eigenvalue weighted by molar-refractivity contribution is 0.488. The van der Waals surface area contributed by atoms with E-state index in [4.69, 9.17) is 17.3 Å². The van der Waals surface area contributed by atoms with Gasteiger partial charge in [-0.15, -0.1) is 0 Å². The predicted octanol–water partition coefficient (Wildman–Crippen LogP) is 3.61. The van der Waals surface area contributed by atoms with Crippen LogP contribution in [0.1, 0.15) is 18.4 Å². The van der Waals surface area contributed by atoms with Crippen LogP contribution in [-0.2, 0) is 6.42 Å². The van der Waals surface area contributed by atoms with Gasteiger partial charge in [-0.25, -0.2) is 0 Å². The van der Waals surface area contributed by atoms with Gasteiger partial charge in [-0.2, -0.15) is 11.8 Å². The Morgan fingerprint density at radius 1 is 1.33 bits per heavy atom. The molecule has 3 heteroatoms. The van der Waals surface area contributed by atoms with Crippen LogP contribution in [0.4, 0.5) is 5.69 Å². The number of nitrogen functional groups attached to an aromatic ring is 1. The SMILES string of the molecule is Nc1c(Cl)cccc1CC1CCSCC1. The highest BCUT2D eigenvalue weighted by Gasteiger charge is 2.15. The number of hydrogen-bond donors (Lipinski definition) is 1. The van der Waals surface area contributed by atoms with Crippen molar-refractivity contribution in [3.63, 3.8) is 0 Å². The molecule has 0 aliphatic carbocycles. The quantitative estimate of drug-likeness (QED) is 0.801. The van der Waals surface area contributed by atoms with Crippen molar-refractivity contribution in [2.45, 2.75) is 19.3 Å². The third kappa shape index (κ3) is 2.82. The van der Waals surface area contributed by atoms with Crippen LogP contribution >= 0.6 is 23.4 Å². The molecule has 1 aromatic carbocycles. The van der Waals surface area contributed by atoms with E-state index in [-0.39, 0.29) is 0 Å². The van der Waals surface area contributed by atoms with Gasteiger partial charge < -0.3 is 5.73 Å². The number of para-hydroxylation sites is 1. The van der Waals surface area contributed by atoms with Crippen molar-refractivity contribution in [3.8, 4) is 0 Å². The summed E-state index contributed by atoms with van der Waals surface area (Å²) in [5.74, 6) is 3.39. The van der Waals surface area contributed by atoms with Crippen molar-refractivity contribution in [3.05, 3.63) is 28.8 Å². The fraction of sp³-hybridized carbons (Fsp3) is 0.500. The minimum absolute atomic E-state index is 0.692. The smallest absolute Gasteiger partial charge is 0.0638 e. The zero-order chi connectivity index (χ0) is 10.7. The van der Waals surface area contributed by atoms with Crippen molar-refractivity contribution < 1.29 is 0 Å². The fourth-order valence-corrected chi connectivity index (χ4v) is 3.42. The zero-order valence-electron chi connectivity index (χ0n) is 8.71. The lowest BCUT2D eigenvalue weighted by Crippen LogP contribution is -2.13. The molecule has 1 aromatic rings. The Labute approximate surface area is 100 Å². The molecule has 1 heterocycles. The van der Waals surface area contributed by atoms with E-state index in [1.54, 1.807) is 0 Å². The molecule has 0 atom stereocenters. The minimum Gasteiger partial charge on any atom is -0.397 e. The first-order valence-electron chi connectivity index (χ1n) is 5.38. The number of nitrogens with two attached hydrogens (primary N) is 1. The molecule has 0 bridgehead atoms. The Balaban J connectivity index is 2.06. The zero-order valence-corrected chi connectivity index (χ0v) is 10.3. The van der Waals surface area contributed by atoms with E-state index in [0.717, 1.165) is 18.0 Å². The van der Waals surface area contributed by atoms with Gasteiger partial charge in [0.05, 0.1) is 10.7 Å². The van der Waals surface area contributed by atoms with Crippen LogP contribution in [0, 0.1) is 5.92 Å². The van der Waals surface area contributed by atoms with Crippen molar-refractivity contribution in [2.24, 2.45) is 5.92 Å². The first-order chi connectivity index (χ1) is 7.27. The van der Waals surface area contributed by atoms with Gasteiger partial charge in [0.2, 0.25) is 0 Å². The molecule has 1 fully saturated rings. The van der Waals surface area contributed by atoms with E-state index in [1.165, 1.54) is 29.9 Å². The maximum Gasteiger partial charge on any atom is 0.0638 e. The lowest BCUT2D eigenvalue weighted by atomic mass is 9.93. The summed E-state index contributed by atoms with van der Waals surface area (Å²) in [6, 6.07) is 5.95. The summed E-state index contributed by atoms with van der Waals surface area (Å²) >= 11 is 8.06. The van der Waals surface area contributed by atoms with Gasteiger partial charge >= 0.3 is 0 Å². The van der Waals surface area contributed by atoms with Gasteiger partial charge in [-0.3, -0.25) is 0 Å². The maximum absolute atomic E-state index is 6.00. The second kappa shape index (κ2) is 5.13. The topological polar surface area (TPSA) is 26.0 Å². The molecule has 0 spiro atoms. The summed E-state index contributed by atoms with van der Waals surface area (Å²) in [5, 5.41) is 0.692. The Hall–Kier alpha value is -0.340. The molecule has 2 rings (SSSR count). The minimum atomic E-state index is 0.692. The first kappa shape index (κ1) is 11.2. The molecule has 0 unspecified atom stereocenters. The molecule has 82 valence electrons. The van der Waals surface area contributed by atoms with Gasteiger partial charge in [0.15, 0.2) is 0 Å². The molecule has 0 amide bonds. The number of anilines is 1. The van der Waals surface area contributed by atoms with E-state index < -0.39 is 0 Å². The molecule has 15 heavy (non-hydrogen) atoms. The summed E-state index contributed by atoms with van der Waals surface area (Å²) in [5.41, 5.74) is 7.96. The largest absolute Gasteiger partial charge is 0.397 e. The molecule has 1 saturated heterocycles. The summed E-state index contributed by atoms with van der Waals surface area (Å²) in [4.78, 5) is 0. The Bertz CT molecular complexity index is 334. The van der Waals surface area contributed by atoms with E-state index in [0.29, 0.717) is 5.02 Å². The normalized spacial score (nSPS) is 17.9. The van der Waals surface area contributed by atoms with E-state index >= 15 is 0 Å². The van der Waals surface area contributed by atoms with Crippen molar-refractivity contribution in [2.75, 3.05) is 17.2 Å². The lowest BCUT2D eigenvalue weighted by Gasteiger charge is -2.22. The standard InChI is InChI=1S/C12H16ClNS/c13-11-3-1-2-10(12(11)14)8-9-4-6-15-7-5-9/h1-3,9H,4-8,14H2. The summed E-state index contributed by atoms with van der Waals surface area (Å²) in [6.45, 7) is 0. The van der Waals surface area contributed by atoms with Crippen molar-refractivity contribution >= 4 is 29.1 Å². The Morgan fingerprint density at radius 3 is 2.80 bits per heavy atom. The van der Waals surface area contributed by atoms with Crippen LogP contribution < -0.4 is 5.73 Å². The van der Waals surface area contributed by atoms with Crippen molar-refractivity contribution in [1.82, 2.24) is 0 Å². The predicted molar refractivity (Wildman–Crippen MR) is 69.6 cm³/mol. The van der Waals surface area contributed by atoms with Crippen LogP contribution in [-0.4, -0.2) is 11.5 Å². The van der Waals surface area contributed by atoms with E-state index in [9.17, 15) is 0 Å². The molecule has 0 saturated carbocycles. The number of halogens is 1. The van der Waals surface area contributed by atoms with Gasteiger partial charge in [0.1, 0.15) is 0 Å². The molecule has 1 nitrogen and oxygen atoms in total. The molecule has 0 aromatic heterocycles. The van der Waals surface area contributed by atoms with Crippen LogP contribution in [0.2, 0.25) is 5.02 Å². The molecule has 1 aliphatic rings. The summed E-state index contributed by atoms with van der Waals surface area (Å²) < 4.78 is 0. The summed E-state index contributed by atoms with van der Waals surface area (Å²) in [6.07, 6.45) is 3.72. The first-order valence-corrected chi connectivity index (χ1v) is 6.91. The maximum atomic E-state index is 6.00. The molecule has 0 radical (unpaired) electrons. The van der Waals surface area contributed by atoms with E-state index in [2.05, 4.69) is 17.8 Å². The highest BCUT2D eigenvalue weighted by Crippen LogP contribution is 2.30. The highest BCUT2D eigenvalue weighted by molar-refractivity contribution is 7.99. The van der Waals surface area contributed by atoms with Gasteiger partial charge in [-0.05, 0) is 48.3 Å². The highest BCUT2D eigenvalue weighted by atomic mass is 35.5. The monoisotopic (exact) mass is 241 g/mol. The molecular formula is C12H16ClNS. The number of hydrogen-bond acceptors (Lipinski definition) is 2. The average Bonchev–Trinajstić information content (AvgIpc) is 2.26. The molecule has 2 N–H and O–H groups in total. The second-order valence-corrected chi connectivity index (χ2v) is 5.70. The van der Waals surface area contributed by atoms with Crippen LogP contribution in [0.15, 0.2) is 18.2 Å². The number of benzene rings is 1. The number of rotatable bonds is 2. The van der Waals surface area contributed by atoms with Crippen molar-refractivity contribution in [1.29, 1.82) is 0 Å².